The van der Waals surface area contributed by atoms with Crippen LogP contribution >= 0.6 is 0 Å². The Labute approximate surface area is 42.9 Å². The highest BCUT2D eigenvalue weighted by Crippen LogP contribution is 1.21. The lowest BCUT2D eigenvalue weighted by atomic mass is 11.0. The van der Waals surface area contributed by atoms with Crippen LogP contribution in [-0.4, -0.2) is 8.42 Å². The Bertz CT molecular complexity index is 141. The third-order valence-electron chi connectivity index (χ3n) is 0. The highest BCUT2D eigenvalue weighted by molar-refractivity contribution is 7.60. The molecule has 4 nitrogen and oxygen atoms in total. The van der Waals surface area contributed by atoms with Crippen LogP contribution < -0.4 is 0 Å². The minimum atomic E-state index is -2.61. The molecule has 0 amide bonds. The van der Waals surface area contributed by atoms with Gasteiger partial charge in [-0.2, -0.15) is 18.5 Å². The van der Waals surface area contributed by atoms with Gasteiger partial charge in [-0.25, -0.2) is 0 Å². The van der Waals surface area contributed by atoms with Gasteiger partial charge >= 0.3 is 10.5 Å². The van der Waals surface area contributed by atoms with Gasteiger partial charge in [0, 0.05) is 6.92 Å². The molecule has 1 N–H and O–H groups in total. The van der Waals surface area contributed by atoms with Crippen molar-refractivity contribution in [3.63, 3.8) is 0 Å². The van der Waals surface area contributed by atoms with Crippen LogP contribution in [0.15, 0.2) is 0 Å². The normalized spacial score (nSPS) is 4.57. The minimum Gasteiger partial charge on any atom is -0.199 e. The van der Waals surface area contributed by atoms with Gasteiger partial charge in [-0.15, -0.1) is 0 Å². The molecule has 0 aliphatic heterocycles. The molecule has 0 rings (SSSR count). The van der Waals surface area contributed by atoms with Gasteiger partial charge in [0.05, 0.1) is 6.07 Å². The summed E-state index contributed by atoms with van der Waals surface area (Å²) in [5.74, 6) is 0. The lowest BCUT2D eigenvalue weighted by Gasteiger charge is -1.18. The molecular formula is C2H4N2O2S. The molecule has 0 aromatic carbocycles. The fourth-order valence-electron chi connectivity index (χ4n) is 0. The number of hydrogen-bond donors (Lipinski definition) is 1. The summed E-state index contributed by atoms with van der Waals surface area (Å²) in [7, 11) is -2.61. The molecule has 0 heterocycles. The van der Waals surface area contributed by atoms with E-state index in [2.05, 4.69) is 0 Å². The smallest absolute Gasteiger partial charge is 0.199 e. The van der Waals surface area contributed by atoms with Crippen LogP contribution in [-0.2, 0) is 10.5 Å². The van der Waals surface area contributed by atoms with Crippen LogP contribution in [0, 0.1) is 16.1 Å². The molecule has 0 fully saturated rings. The molecule has 0 radical (unpaired) electrons. The van der Waals surface area contributed by atoms with Crippen LogP contribution in [0.1, 0.15) is 6.92 Å². The Hall–Kier alpha value is -0.890. The first-order valence-corrected chi connectivity index (χ1v) is 2.34. The van der Waals surface area contributed by atoms with Crippen molar-refractivity contribution in [2.45, 2.75) is 6.92 Å². The van der Waals surface area contributed by atoms with E-state index in [1.807, 2.05) is 0 Å². The first-order valence-electron chi connectivity index (χ1n) is 1.26. The molecule has 0 unspecified atom stereocenters. The molecule has 0 saturated heterocycles. The van der Waals surface area contributed by atoms with E-state index in [0.717, 1.165) is 0 Å². The molecule has 7 heavy (non-hydrogen) atoms. The summed E-state index contributed by atoms with van der Waals surface area (Å²) in [5.41, 5.74) is 0. The molecular weight excluding hydrogens is 116 g/mol. The number of nitrogens with one attached hydrogen (secondary N) is 1. The van der Waals surface area contributed by atoms with Crippen LogP contribution in [0.4, 0.5) is 0 Å². The maximum atomic E-state index is 8.67. The summed E-state index contributed by atoms with van der Waals surface area (Å²) in [6, 6.07) is 1.75. The van der Waals surface area contributed by atoms with E-state index < -0.39 is 10.5 Å². The Morgan fingerprint density at radius 1 is 1.71 bits per heavy atom. The predicted molar refractivity (Wildman–Crippen MR) is 22.9 cm³/mol. The molecule has 0 aliphatic rings. The van der Waals surface area contributed by atoms with Crippen molar-refractivity contribution >= 4 is 10.5 Å². The largest absolute Gasteiger partial charge is 0.308 e. The van der Waals surface area contributed by atoms with Crippen molar-refractivity contribution in [3.8, 4) is 6.07 Å². The van der Waals surface area contributed by atoms with E-state index in [4.69, 9.17) is 18.5 Å². The topological polar surface area (TPSA) is 81.8 Å². The molecule has 0 aromatic heterocycles. The second kappa shape index (κ2) is 8.92. The number of nitrogens with zero attached hydrogens (tertiary/aromatic N) is 1. The van der Waals surface area contributed by atoms with Crippen LogP contribution in [0.3, 0.4) is 0 Å². The second-order valence-corrected chi connectivity index (χ2v) is 0.928. The number of nitriles is 1. The molecule has 0 saturated carbocycles. The summed E-state index contributed by atoms with van der Waals surface area (Å²) < 4.78 is 22.8. The fraction of sp³-hybridized carbons (Fsp3) is 0.500. The Morgan fingerprint density at radius 2 is 1.71 bits per heavy atom. The zero-order valence-electron chi connectivity index (χ0n) is 3.67. The number of rotatable bonds is 0. The van der Waals surface area contributed by atoms with Crippen molar-refractivity contribution in [1.82, 2.24) is 0 Å². The average Bonchev–Trinajstić information content (AvgIpc) is 1.33. The quantitative estimate of drug-likeness (QED) is 0.494. The average molecular weight is 120 g/mol. The maximum absolute atomic E-state index is 8.67. The maximum Gasteiger partial charge on any atom is 0.308 e. The number of hydrogen-bond acceptors (Lipinski definition) is 4. The van der Waals surface area contributed by atoms with Crippen LogP contribution in [0.5, 0.6) is 0 Å². The lowest BCUT2D eigenvalue weighted by Crippen LogP contribution is -1.34. The van der Waals surface area contributed by atoms with Crippen molar-refractivity contribution in [1.29, 1.82) is 10.0 Å². The van der Waals surface area contributed by atoms with Crippen molar-refractivity contribution in [2.75, 3.05) is 0 Å². The summed E-state index contributed by atoms with van der Waals surface area (Å²) in [5, 5.41) is 7.32. The Balaban J connectivity index is 0. The highest BCUT2D eigenvalue weighted by atomic mass is 32.2. The summed E-state index contributed by atoms with van der Waals surface area (Å²) >= 11 is 0. The van der Waals surface area contributed by atoms with E-state index in [1.54, 1.807) is 6.07 Å². The van der Waals surface area contributed by atoms with Gasteiger partial charge in [0.25, 0.3) is 0 Å². The van der Waals surface area contributed by atoms with Gasteiger partial charge < -0.3 is 0 Å². The molecule has 0 aromatic rings. The second-order valence-electron chi connectivity index (χ2n) is 0.458. The highest BCUT2D eigenvalue weighted by Gasteiger charge is 1.32. The summed E-state index contributed by atoms with van der Waals surface area (Å²) in [6.07, 6.45) is 0. The van der Waals surface area contributed by atoms with E-state index in [9.17, 15) is 0 Å². The molecule has 5 heteroatoms. The van der Waals surface area contributed by atoms with Gasteiger partial charge in [-0.1, -0.05) is 0 Å². The zero-order valence-corrected chi connectivity index (χ0v) is 4.49. The van der Waals surface area contributed by atoms with Gasteiger partial charge in [0.15, 0.2) is 0 Å². The van der Waals surface area contributed by atoms with E-state index in [0.29, 0.717) is 0 Å². The van der Waals surface area contributed by atoms with Gasteiger partial charge in [0.2, 0.25) is 0 Å². The van der Waals surface area contributed by atoms with E-state index in [1.165, 1.54) is 6.92 Å². The molecule has 0 bridgehead atoms. The Kier molecular flexibility index (Phi) is 12.0. The first kappa shape index (κ1) is 9.44. The SMILES string of the molecule is CC#N.N=S(=O)=O. The summed E-state index contributed by atoms with van der Waals surface area (Å²) in [4.78, 5) is 0. The van der Waals surface area contributed by atoms with Crippen LogP contribution in [0.25, 0.3) is 0 Å². The monoisotopic (exact) mass is 120 g/mol. The predicted octanol–water partition coefficient (Wildman–Crippen LogP) is 0.158. The molecule has 0 atom stereocenters. The molecule has 0 spiro atoms. The van der Waals surface area contributed by atoms with E-state index in [-0.39, 0.29) is 0 Å². The van der Waals surface area contributed by atoms with Gasteiger partial charge in [-0.05, 0) is 0 Å². The fourth-order valence-corrected chi connectivity index (χ4v) is 0. The van der Waals surface area contributed by atoms with Crippen molar-refractivity contribution < 1.29 is 8.42 Å². The van der Waals surface area contributed by atoms with Crippen molar-refractivity contribution in [3.05, 3.63) is 0 Å². The Morgan fingerprint density at radius 3 is 1.71 bits per heavy atom. The third kappa shape index (κ3) is 62.4. The minimum absolute atomic E-state index is 1.43. The third-order valence-corrected chi connectivity index (χ3v) is 0. The molecule has 0 aliphatic carbocycles. The first-order chi connectivity index (χ1) is 3.15. The van der Waals surface area contributed by atoms with Gasteiger partial charge in [0.1, 0.15) is 0 Å². The van der Waals surface area contributed by atoms with Gasteiger partial charge in [-0.3, -0.25) is 0 Å². The standard InChI is InChI=1S/C2H3N.HNO2S/c1-2-3;1-4(2)3/h1H3;1H. The van der Waals surface area contributed by atoms with E-state index >= 15 is 0 Å². The summed E-state index contributed by atoms with van der Waals surface area (Å²) in [6.45, 7) is 1.43. The molecule has 40 valence electrons. The van der Waals surface area contributed by atoms with Crippen LogP contribution in [0.2, 0.25) is 0 Å². The lowest BCUT2D eigenvalue weighted by molar-refractivity contribution is 0.620. The van der Waals surface area contributed by atoms with Crippen molar-refractivity contribution in [2.24, 2.45) is 0 Å². The zero-order chi connectivity index (χ0) is 6.28.